The van der Waals surface area contributed by atoms with E-state index in [1.165, 1.54) is 12.1 Å². The van der Waals surface area contributed by atoms with E-state index in [0.717, 1.165) is 17.2 Å². The van der Waals surface area contributed by atoms with E-state index in [0.29, 0.717) is 12.0 Å². The smallest absolute Gasteiger partial charge is 0.153 e. The van der Waals surface area contributed by atoms with Gasteiger partial charge in [0.25, 0.3) is 0 Å². The van der Waals surface area contributed by atoms with Crippen LogP contribution in [-0.4, -0.2) is 11.4 Å². The van der Waals surface area contributed by atoms with Crippen LogP contribution in [0.25, 0.3) is 0 Å². The Hall–Kier alpha value is -2.20. The van der Waals surface area contributed by atoms with E-state index in [2.05, 4.69) is 0 Å². The van der Waals surface area contributed by atoms with Crippen molar-refractivity contribution in [2.75, 3.05) is 0 Å². The van der Waals surface area contributed by atoms with Gasteiger partial charge in [-0.1, -0.05) is 24.3 Å². The Morgan fingerprint density at radius 2 is 1.79 bits per heavy atom. The van der Waals surface area contributed by atoms with Gasteiger partial charge in [0.2, 0.25) is 0 Å². The molecule has 0 aliphatic carbocycles. The number of benzene rings is 2. The van der Waals surface area contributed by atoms with Gasteiger partial charge in [0.05, 0.1) is 12.2 Å². The fourth-order valence-corrected chi connectivity index (χ4v) is 1.64. The van der Waals surface area contributed by atoms with E-state index in [4.69, 9.17) is 9.84 Å². The van der Waals surface area contributed by atoms with Crippen molar-refractivity contribution in [3.05, 3.63) is 65.0 Å². The van der Waals surface area contributed by atoms with Gasteiger partial charge in [-0.3, -0.25) is 4.79 Å². The Morgan fingerprint density at radius 3 is 2.42 bits per heavy atom. The zero-order valence-corrected chi connectivity index (χ0v) is 10.2. The van der Waals surface area contributed by atoms with Crippen molar-refractivity contribution in [3.8, 4) is 5.75 Å². The topological polar surface area (TPSA) is 46.5 Å². The van der Waals surface area contributed by atoms with Gasteiger partial charge in [-0.05, 0) is 29.3 Å². The lowest BCUT2D eigenvalue weighted by molar-refractivity contribution is 0.111. The molecule has 0 heterocycles. The molecular formula is C15H13FO3. The number of aldehydes is 1. The fraction of sp³-hybridized carbons (Fsp3) is 0.133. The summed E-state index contributed by atoms with van der Waals surface area (Å²) in [6.45, 7) is 0.270. The molecule has 0 unspecified atom stereocenters. The Kier molecular flexibility index (Phi) is 4.26. The summed E-state index contributed by atoms with van der Waals surface area (Å²) < 4.78 is 18.4. The molecule has 0 radical (unpaired) electrons. The molecule has 98 valence electrons. The first-order chi connectivity index (χ1) is 9.22. The first-order valence-electron chi connectivity index (χ1n) is 5.79. The van der Waals surface area contributed by atoms with Crippen LogP contribution in [0.3, 0.4) is 0 Å². The summed E-state index contributed by atoms with van der Waals surface area (Å²) >= 11 is 0. The maximum absolute atomic E-state index is 12.9. The van der Waals surface area contributed by atoms with Crippen LogP contribution in [0.1, 0.15) is 21.5 Å². The van der Waals surface area contributed by atoms with Crippen LogP contribution in [0, 0.1) is 5.82 Å². The van der Waals surface area contributed by atoms with Crippen molar-refractivity contribution >= 4 is 6.29 Å². The van der Waals surface area contributed by atoms with Crippen LogP contribution < -0.4 is 4.74 Å². The van der Waals surface area contributed by atoms with E-state index in [1.54, 1.807) is 12.1 Å². The molecule has 0 bridgehead atoms. The van der Waals surface area contributed by atoms with Gasteiger partial charge in [0.1, 0.15) is 18.2 Å². The van der Waals surface area contributed by atoms with Gasteiger partial charge in [-0.15, -0.1) is 0 Å². The fourth-order valence-electron chi connectivity index (χ4n) is 1.64. The predicted octanol–water partition coefficient (Wildman–Crippen LogP) is 2.71. The number of carbonyl (C=O) groups excluding carboxylic acids is 1. The molecule has 0 aromatic heterocycles. The van der Waals surface area contributed by atoms with Crippen LogP contribution in [0.4, 0.5) is 4.39 Å². The van der Waals surface area contributed by atoms with Gasteiger partial charge >= 0.3 is 0 Å². The quantitative estimate of drug-likeness (QED) is 0.841. The molecule has 0 saturated heterocycles. The first-order valence-corrected chi connectivity index (χ1v) is 5.79. The number of hydrogen-bond acceptors (Lipinski definition) is 3. The van der Waals surface area contributed by atoms with E-state index < -0.39 is 5.82 Å². The monoisotopic (exact) mass is 260 g/mol. The number of halogens is 1. The summed E-state index contributed by atoms with van der Waals surface area (Å²) in [5.41, 5.74) is 1.91. The molecular weight excluding hydrogens is 247 g/mol. The van der Waals surface area contributed by atoms with Crippen molar-refractivity contribution in [1.82, 2.24) is 0 Å². The molecule has 2 aromatic carbocycles. The standard InChI is InChI=1S/C15H13FO3/c16-14-5-6-15(13(7-14)9-18)19-10-12-3-1-11(8-17)2-4-12/h1-7,9,17H,8,10H2. The van der Waals surface area contributed by atoms with E-state index in [9.17, 15) is 9.18 Å². The normalized spacial score (nSPS) is 10.2. The third kappa shape index (κ3) is 3.39. The van der Waals surface area contributed by atoms with Gasteiger partial charge in [-0.25, -0.2) is 4.39 Å². The van der Waals surface area contributed by atoms with Gasteiger partial charge in [0, 0.05) is 0 Å². The minimum Gasteiger partial charge on any atom is -0.488 e. The van der Waals surface area contributed by atoms with E-state index >= 15 is 0 Å². The maximum Gasteiger partial charge on any atom is 0.153 e. The molecule has 0 atom stereocenters. The summed E-state index contributed by atoms with van der Waals surface area (Å²) in [5.74, 6) is -0.121. The average Bonchev–Trinajstić information content (AvgIpc) is 2.46. The molecule has 0 spiro atoms. The van der Waals surface area contributed by atoms with Crippen LogP contribution in [-0.2, 0) is 13.2 Å². The highest BCUT2D eigenvalue weighted by Gasteiger charge is 2.05. The van der Waals surface area contributed by atoms with Crippen LogP contribution in [0.15, 0.2) is 42.5 Å². The molecule has 2 rings (SSSR count). The molecule has 0 aliphatic rings. The summed E-state index contributed by atoms with van der Waals surface area (Å²) in [5, 5.41) is 8.93. The highest BCUT2D eigenvalue weighted by molar-refractivity contribution is 5.79. The summed E-state index contributed by atoms with van der Waals surface area (Å²) in [4.78, 5) is 10.8. The zero-order chi connectivity index (χ0) is 13.7. The largest absolute Gasteiger partial charge is 0.488 e. The number of hydrogen-bond donors (Lipinski definition) is 1. The average molecular weight is 260 g/mol. The highest BCUT2D eigenvalue weighted by atomic mass is 19.1. The van der Waals surface area contributed by atoms with Crippen LogP contribution >= 0.6 is 0 Å². The van der Waals surface area contributed by atoms with E-state index in [1.807, 2.05) is 12.1 Å². The van der Waals surface area contributed by atoms with Gasteiger partial charge < -0.3 is 9.84 Å². The Balaban J connectivity index is 2.07. The Bertz CT molecular complexity index is 564. The minimum absolute atomic E-state index is 0.00557. The molecule has 3 nitrogen and oxygen atoms in total. The van der Waals surface area contributed by atoms with Crippen molar-refractivity contribution in [2.45, 2.75) is 13.2 Å². The predicted molar refractivity (Wildman–Crippen MR) is 68.5 cm³/mol. The lowest BCUT2D eigenvalue weighted by atomic mass is 10.1. The maximum atomic E-state index is 12.9. The van der Waals surface area contributed by atoms with Gasteiger partial charge in [-0.2, -0.15) is 0 Å². The lowest BCUT2D eigenvalue weighted by Crippen LogP contribution is -1.99. The number of rotatable bonds is 5. The minimum atomic E-state index is -0.471. The Morgan fingerprint density at radius 1 is 1.11 bits per heavy atom. The third-order valence-electron chi connectivity index (χ3n) is 2.70. The van der Waals surface area contributed by atoms with Crippen molar-refractivity contribution < 1.29 is 19.0 Å². The molecule has 2 aromatic rings. The molecule has 4 heteroatoms. The SMILES string of the molecule is O=Cc1cc(F)ccc1OCc1ccc(CO)cc1. The molecule has 0 aliphatic heterocycles. The molecule has 0 fully saturated rings. The first kappa shape index (κ1) is 13.2. The summed E-state index contributed by atoms with van der Waals surface area (Å²) in [6, 6.07) is 11.1. The molecule has 19 heavy (non-hydrogen) atoms. The third-order valence-corrected chi connectivity index (χ3v) is 2.70. The van der Waals surface area contributed by atoms with Crippen LogP contribution in [0.5, 0.6) is 5.75 Å². The summed E-state index contributed by atoms with van der Waals surface area (Å²) in [7, 11) is 0. The zero-order valence-electron chi connectivity index (χ0n) is 10.2. The van der Waals surface area contributed by atoms with Crippen molar-refractivity contribution in [3.63, 3.8) is 0 Å². The van der Waals surface area contributed by atoms with E-state index in [-0.39, 0.29) is 18.8 Å². The number of aliphatic hydroxyl groups excluding tert-OH is 1. The van der Waals surface area contributed by atoms with Gasteiger partial charge in [0.15, 0.2) is 6.29 Å². The second-order valence-electron chi connectivity index (χ2n) is 4.06. The molecule has 1 N–H and O–H groups in total. The summed E-state index contributed by atoms with van der Waals surface area (Å²) in [6.07, 6.45) is 0.563. The number of aliphatic hydroxyl groups is 1. The number of ether oxygens (including phenoxy) is 1. The Labute approximate surface area is 110 Å². The second kappa shape index (κ2) is 6.11. The highest BCUT2D eigenvalue weighted by Crippen LogP contribution is 2.19. The second-order valence-corrected chi connectivity index (χ2v) is 4.06. The van der Waals surface area contributed by atoms with Crippen molar-refractivity contribution in [1.29, 1.82) is 0 Å². The molecule has 0 amide bonds. The van der Waals surface area contributed by atoms with Crippen LogP contribution in [0.2, 0.25) is 0 Å². The molecule has 0 saturated carbocycles. The lowest BCUT2D eigenvalue weighted by Gasteiger charge is -2.08. The van der Waals surface area contributed by atoms with Crippen molar-refractivity contribution in [2.24, 2.45) is 0 Å². The number of carbonyl (C=O) groups is 1.